The normalized spacial score (nSPS) is 25.4. The van der Waals surface area contributed by atoms with Crippen LogP contribution in [-0.2, 0) is 4.74 Å². The van der Waals surface area contributed by atoms with Crippen LogP contribution in [0.25, 0.3) is 11.0 Å². The van der Waals surface area contributed by atoms with Crippen molar-refractivity contribution in [2.24, 2.45) is 0 Å². The first-order chi connectivity index (χ1) is 13.2. The van der Waals surface area contributed by atoms with Crippen molar-refractivity contribution in [1.82, 2.24) is 9.97 Å². The summed E-state index contributed by atoms with van der Waals surface area (Å²) in [5.41, 5.74) is 1.83. The molecule has 3 aromatic rings. The molecule has 4 heterocycles. The van der Waals surface area contributed by atoms with Crippen molar-refractivity contribution in [1.29, 1.82) is 0 Å². The molecule has 2 atom stereocenters. The summed E-state index contributed by atoms with van der Waals surface area (Å²) in [7, 11) is 0. The van der Waals surface area contributed by atoms with Crippen LogP contribution in [0, 0.1) is 5.82 Å². The van der Waals surface area contributed by atoms with E-state index >= 15 is 0 Å². The van der Waals surface area contributed by atoms with Gasteiger partial charge < -0.3 is 19.4 Å². The van der Waals surface area contributed by atoms with Crippen LogP contribution in [0.4, 0.5) is 10.1 Å². The predicted molar refractivity (Wildman–Crippen MR) is 102 cm³/mol. The van der Waals surface area contributed by atoms with Crippen molar-refractivity contribution >= 4 is 16.7 Å². The highest BCUT2D eigenvalue weighted by Gasteiger charge is 2.44. The monoisotopic (exact) mass is 367 g/mol. The van der Waals surface area contributed by atoms with Crippen LogP contribution in [0.5, 0.6) is 5.75 Å². The fourth-order valence-electron chi connectivity index (χ4n) is 4.31. The summed E-state index contributed by atoms with van der Waals surface area (Å²) in [4.78, 5) is 10.0. The molecule has 27 heavy (non-hydrogen) atoms. The third-order valence-electron chi connectivity index (χ3n) is 5.56. The zero-order valence-corrected chi connectivity index (χ0v) is 15.0. The second-order valence-corrected chi connectivity index (χ2v) is 7.53. The number of nitrogens with zero attached hydrogens (tertiary/aromatic N) is 2. The molecule has 2 fully saturated rings. The number of nitrogens with one attached hydrogen (secondary N) is 1. The lowest BCUT2D eigenvalue weighted by Gasteiger charge is -2.40. The first-order valence-corrected chi connectivity index (χ1v) is 9.43. The van der Waals surface area contributed by atoms with Gasteiger partial charge in [0.15, 0.2) is 0 Å². The van der Waals surface area contributed by atoms with E-state index in [2.05, 4.69) is 20.9 Å². The fraction of sp³-hybridized carbons (Fsp3) is 0.381. The third-order valence-corrected chi connectivity index (χ3v) is 5.56. The van der Waals surface area contributed by atoms with Gasteiger partial charge in [-0.3, -0.25) is 0 Å². The highest BCUT2D eigenvalue weighted by Crippen LogP contribution is 2.38. The molecule has 0 radical (unpaired) electrons. The molecule has 0 saturated carbocycles. The molecule has 2 unspecified atom stereocenters. The van der Waals surface area contributed by atoms with Crippen molar-refractivity contribution in [2.75, 3.05) is 24.6 Å². The van der Waals surface area contributed by atoms with Crippen molar-refractivity contribution in [3.8, 4) is 5.75 Å². The Morgan fingerprint density at radius 3 is 3.19 bits per heavy atom. The van der Waals surface area contributed by atoms with Crippen LogP contribution in [0.15, 0.2) is 48.8 Å². The van der Waals surface area contributed by atoms with Crippen LogP contribution in [0.1, 0.15) is 19.3 Å². The topological polar surface area (TPSA) is 50.4 Å². The number of hydrogen-bond donors (Lipinski definition) is 1. The molecule has 2 saturated heterocycles. The lowest BCUT2D eigenvalue weighted by Crippen LogP contribution is -2.48. The Kier molecular flexibility index (Phi) is 4.01. The largest absolute Gasteiger partial charge is 0.488 e. The minimum absolute atomic E-state index is 0.0444. The highest BCUT2D eigenvalue weighted by molar-refractivity contribution is 5.79. The maximum atomic E-state index is 13.4. The van der Waals surface area contributed by atoms with E-state index in [9.17, 15) is 4.39 Å². The van der Waals surface area contributed by atoms with Gasteiger partial charge in [-0.15, -0.1) is 0 Å². The van der Waals surface area contributed by atoms with Gasteiger partial charge in [0, 0.05) is 37.2 Å². The van der Waals surface area contributed by atoms with Crippen molar-refractivity contribution in [3.05, 3.63) is 54.6 Å². The number of aromatic nitrogens is 2. The van der Waals surface area contributed by atoms with Gasteiger partial charge in [-0.2, -0.15) is 0 Å². The molecule has 0 amide bonds. The van der Waals surface area contributed by atoms with Crippen LogP contribution >= 0.6 is 0 Å². The molecule has 1 N–H and O–H groups in total. The van der Waals surface area contributed by atoms with Gasteiger partial charge in [-0.25, -0.2) is 9.37 Å². The number of anilines is 1. The quantitative estimate of drug-likeness (QED) is 0.763. The highest BCUT2D eigenvalue weighted by atomic mass is 19.1. The molecule has 5 rings (SSSR count). The van der Waals surface area contributed by atoms with E-state index in [0.717, 1.165) is 49.1 Å². The summed E-state index contributed by atoms with van der Waals surface area (Å²) in [5, 5.41) is 1.12. The maximum Gasteiger partial charge on any atom is 0.137 e. The molecule has 1 spiro atoms. The van der Waals surface area contributed by atoms with Crippen molar-refractivity contribution < 1.29 is 13.9 Å². The summed E-state index contributed by atoms with van der Waals surface area (Å²) in [6.45, 7) is 2.37. The second-order valence-electron chi connectivity index (χ2n) is 7.53. The summed E-state index contributed by atoms with van der Waals surface area (Å²) in [6, 6.07) is 10.5. The van der Waals surface area contributed by atoms with E-state index in [0.29, 0.717) is 12.4 Å². The molecular formula is C21H22FN3O2. The van der Waals surface area contributed by atoms with E-state index in [4.69, 9.17) is 9.47 Å². The Hall–Kier alpha value is -2.60. The van der Waals surface area contributed by atoms with Gasteiger partial charge in [0.25, 0.3) is 0 Å². The Balaban J connectivity index is 1.30. The molecule has 0 aliphatic carbocycles. The molecule has 2 aromatic heterocycles. The number of hydrogen-bond acceptors (Lipinski definition) is 4. The standard InChI is InChI=1S/C21H22FN3O2/c22-16-3-1-4-18(10-16)27-19-11-21(26-13-19)6-2-8-25(14-21)17-9-15-5-7-23-20(15)24-12-17/h1,3-5,7,9-10,12,19H,2,6,8,11,13-14H2,(H,23,24). The average Bonchev–Trinajstić information content (AvgIpc) is 3.28. The van der Waals surface area contributed by atoms with E-state index in [1.165, 1.54) is 12.1 Å². The number of H-pyrrole nitrogens is 1. The number of benzene rings is 1. The number of aromatic amines is 1. The number of pyridine rings is 1. The Labute approximate surface area is 157 Å². The first-order valence-electron chi connectivity index (χ1n) is 9.43. The molecule has 6 heteroatoms. The van der Waals surface area contributed by atoms with Gasteiger partial charge in [-0.05, 0) is 37.1 Å². The summed E-state index contributed by atoms with van der Waals surface area (Å²) in [5.74, 6) is 0.285. The number of ether oxygens (including phenoxy) is 2. The van der Waals surface area contributed by atoms with Gasteiger partial charge in [-0.1, -0.05) is 6.07 Å². The van der Waals surface area contributed by atoms with Crippen LogP contribution < -0.4 is 9.64 Å². The number of fused-ring (bicyclic) bond motifs is 1. The second kappa shape index (κ2) is 6.53. The van der Waals surface area contributed by atoms with E-state index < -0.39 is 0 Å². The summed E-state index contributed by atoms with van der Waals surface area (Å²) in [6.07, 6.45) is 6.70. The lowest BCUT2D eigenvalue weighted by molar-refractivity contribution is -0.00814. The van der Waals surface area contributed by atoms with Crippen LogP contribution in [0.2, 0.25) is 0 Å². The Bertz CT molecular complexity index is 959. The lowest BCUT2D eigenvalue weighted by atomic mass is 9.89. The fourth-order valence-corrected chi connectivity index (χ4v) is 4.31. The smallest absolute Gasteiger partial charge is 0.137 e. The summed E-state index contributed by atoms with van der Waals surface area (Å²) >= 11 is 0. The molecule has 2 aliphatic rings. The van der Waals surface area contributed by atoms with Crippen LogP contribution in [-0.4, -0.2) is 41.4 Å². The Morgan fingerprint density at radius 2 is 2.26 bits per heavy atom. The van der Waals surface area contributed by atoms with Crippen LogP contribution in [0.3, 0.4) is 0 Å². The minimum atomic E-state index is -0.280. The first kappa shape index (κ1) is 16.6. The molecule has 2 aliphatic heterocycles. The zero-order valence-electron chi connectivity index (χ0n) is 15.0. The molecule has 0 bridgehead atoms. The van der Waals surface area contributed by atoms with Gasteiger partial charge in [0.2, 0.25) is 0 Å². The van der Waals surface area contributed by atoms with Gasteiger partial charge in [0.1, 0.15) is 23.3 Å². The zero-order chi connectivity index (χ0) is 18.3. The SMILES string of the molecule is Fc1cccc(OC2COC3(CCCN(c4cnc5[nH]ccc5c4)C3)C2)c1. The third kappa shape index (κ3) is 3.25. The minimum Gasteiger partial charge on any atom is -0.488 e. The molecule has 140 valence electrons. The average molecular weight is 367 g/mol. The van der Waals surface area contributed by atoms with Gasteiger partial charge >= 0.3 is 0 Å². The molecule has 1 aromatic carbocycles. The molecule has 5 nitrogen and oxygen atoms in total. The number of piperidine rings is 1. The maximum absolute atomic E-state index is 13.4. The van der Waals surface area contributed by atoms with Gasteiger partial charge in [0.05, 0.1) is 24.1 Å². The van der Waals surface area contributed by atoms with E-state index in [1.54, 1.807) is 12.1 Å². The predicted octanol–water partition coefficient (Wildman–Crippen LogP) is 3.91. The number of rotatable bonds is 3. The number of halogens is 1. The Morgan fingerprint density at radius 1 is 1.30 bits per heavy atom. The summed E-state index contributed by atoms with van der Waals surface area (Å²) < 4.78 is 25.6. The van der Waals surface area contributed by atoms with Crippen molar-refractivity contribution in [2.45, 2.75) is 31.0 Å². The van der Waals surface area contributed by atoms with E-state index in [1.807, 2.05) is 18.5 Å². The van der Waals surface area contributed by atoms with Crippen molar-refractivity contribution in [3.63, 3.8) is 0 Å². The van der Waals surface area contributed by atoms with E-state index in [-0.39, 0.29) is 17.5 Å². The molecular weight excluding hydrogens is 345 g/mol.